The number of rotatable bonds is 15. The number of aryl methyl sites for hydroxylation is 1. The van der Waals surface area contributed by atoms with E-state index in [2.05, 4.69) is 54.6 Å². The van der Waals surface area contributed by atoms with E-state index in [1.165, 1.54) is 16.7 Å². The summed E-state index contributed by atoms with van der Waals surface area (Å²) < 4.78 is 18.9. The van der Waals surface area contributed by atoms with Crippen molar-refractivity contribution in [2.75, 3.05) is 13.2 Å². The Morgan fingerprint density at radius 1 is 0.512 bits per heavy atom. The van der Waals surface area contributed by atoms with E-state index < -0.39 is 0 Å². The summed E-state index contributed by atoms with van der Waals surface area (Å²) in [5, 5.41) is 9.63. The van der Waals surface area contributed by atoms with E-state index in [0.717, 1.165) is 59.6 Å². The Morgan fingerprint density at radius 2 is 1.12 bits per heavy atom. The summed E-state index contributed by atoms with van der Waals surface area (Å²) in [6.45, 7) is 1.58. The molecule has 0 bridgehead atoms. The molecule has 0 aromatic heterocycles. The first-order chi connectivity index (χ1) is 21.3. The van der Waals surface area contributed by atoms with Gasteiger partial charge in [-0.3, -0.25) is 0 Å². The predicted molar refractivity (Wildman–Crippen MR) is 172 cm³/mol. The summed E-state index contributed by atoms with van der Waals surface area (Å²) in [5.74, 6) is 2.31. The first-order valence-corrected chi connectivity index (χ1v) is 14.9. The van der Waals surface area contributed by atoms with Gasteiger partial charge in [-0.25, -0.2) is 0 Å². The maximum atomic E-state index is 9.63. The molecule has 5 aromatic carbocycles. The SMILES string of the molecule is N#CCc1ccc(OCCc2ccccc2)c(OCCc2ccccc2)c1CCc1cccc(OCc2ccccc2)c1. The zero-order valence-electron chi connectivity index (χ0n) is 24.5. The van der Waals surface area contributed by atoms with E-state index in [0.29, 0.717) is 26.2 Å². The molecule has 5 aromatic rings. The lowest BCUT2D eigenvalue weighted by Gasteiger charge is -2.19. The highest BCUT2D eigenvalue weighted by Crippen LogP contribution is 2.36. The summed E-state index contributed by atoms with van der Waals surface area (Å²) in [4.78, 5) is 0. The smallest absolute Gasteiger partial charge is 0.164 e. The van der Waals surface area contributed by atoms with Gasteiger partial charge >= 0.3 is 0 Å². The lowest BCUT2D eigenvalue weighted by atomic mass is 9.96. The molecule has 5 rings (SSSR count). The van der Waals surface area contributed by atoms with Crippen LogP contribution in [0.2, 0.25) is 0 Å². The lowest BCUT2D eigenvalue weighted by Crippen LogP contribution is -2.10. The van der Waals surface area contributed by atoms with Gasteiger partial charge in [-0.05, 0) is 58.9 Å². The Morgan fingerprint density at radius 3 is 1.77 bits per heavy atom. The zero-order chi connectivity index (χ0) is 29.5. The second kappa shape index (κ2) is 15.8. The molecule has 216 valence electrons. The molecule has 0 spiro atoms. The highest BCUT2D eigenvalue weighted by molar-refractivity contribution is 5.52. The van der Waals surface area contributed by atoms with Gasteiger partial charge in [0.2, 0.25) is 0 Å². The first-order valence-electron chi connectivity index (χ1n) is 14.9. The van der Waals surface area contributed by atoms with E-state index in [9.17, 15) is 5.26 Å². The molecular formula is C39H37NO3. The van der Waals surface area contributed by atoms with Gasteiger partial charge < -0.3 is 14.2 Å². The van der Waals surface area contributed by atoms with Crippen LogP contribution in [0, 0.1) is 11.3 Å². The van der Waals surface area contributed by atoms with Gasteiger partial charge in [0, 0.05) is 18.4 Å². The third-order valence-corrected chi connectivity index (χ3v) is 7.37. The Hall–Kier alpha value is -5.01. The molecule has 0 radical (unpaired) electrons. The third kappa shape index (κ3) is 8.99. The number of nitrogens with zero attached hydrogens (tertiary/aromatic N) is 1. The minimum atomic E-state index is 0.314. The average molecular weight is 568 g/mol. The topological polar surface area (TPSA) is 51.5 Å². The fourth-order valence-electron chi connectivity index (χ4n) is 5.08. The average Bonchev–Trinajstić information content (AvgIpc) is 3.06. The van der Waals surface area contributed by atoms with Crippen LogP contribution in [0.1, 0.15) is 33.4 Å². The van der Waals surface area contributed by atoms with Crippen molar-refractivity contribution in [3.8, 4) is 23.3 Å². The number of nitriles is 1. The van der Waals surface area contributed by atoms with Crippen LogP contribution in [0.15, 0.2) is 127 Å². The normalized spacial score (nSPS) is 10.6. The molecule has 43 heavy (non-hydrogen) atoms. The third-order valence-electron chi connectivity index (χ3n) is 7.37. The molecule has 0 atom stereocenters. The summed E-state index contributed by atoms with van der Waals surface area (Å²) >= 11 is 0. The van der Waals surface area contributed by atoms with E-state index in [1.54, 1.807) is 0 Å². The standard InChI is InChI=1S/C39H37NO3/c40-26-23-35-20-22-38(41-27-24-31-11-4-1-5-12-31)39(42-28-25-32-13-6-2-7-14-32)37(35)21-19-33-17-10-18-36(29-33)43-30-34-15-8-3-9-16-34/h1-18,20,22,29H,19,21,23-25,27-28,30H2. The predicted octanol–water partition coefficient (Wildman–Crippen LogP) is 8.36. The second-order valence-electron chi connectivity index (χ2n) is 10.5. The molecule has 0 aliphatic heterocycles. The van der Waals surface area contributed by atoms with Crippen LogP contribution in [0.25, 0.3) is 0 Å². The number of benzene rings is 5. The van der Waals surface area contributed by atoms with Crippen LogP contribution in [-0.2, 0) is 38.7 Å². The second-order valence-corrected chi connectivity index (χ2v) is 10.5. The van der Waals surface area contributed by atoms with Crippen LogP contribution >= 0.6 is 0 Å². The molecule has 4 heteroatoms. The molecule has 0 unspecified atom stereocenters. The van der Waals surface area contributed by atoms with Crippen molar-refractivity contribution in [1.82, 2.24) is 0 Å². The summed E-state index contributed by atoms with van der Waals surface area (Å²) in [5.41, 5.74) is 6.75. The molecule has 0 aliphatic carbocycles. The quantitative estimate of drug-likeness (QED) is 0.128. The highest BCUT2D eigenvalue weighted by atomic mass is 16.5. The first kappa shape index (κ1) is 29.5. The van der Waals surface area contributed by atoms with Gasteiger partial charge in [0.15, 0.2) is 11.5 Å². The largest absolute Gasteiger partial charge is 0.489 e. The zero-order valence-corrected chi connectivity index (χ0v) is 24.5. The maximum Gasteiger partial charge on any atom is 0.164 e. The Labute approximate surface area is 255 Å². The van der Waals surface area contributed by atoms with E-state index >= 15 is 0 Å². The van der Waals surface area contributed by atoms with Crippen molar-refractivity contribution in [2.45, 2.75) is 38.7 Å². The van der Waals surface area contributed by atoms with Crippen LogP contribution < -0.4 is 14.2 Å². The molecular weight excluding hydrogens is 530 g/mol. The van der Waals surface area contributed by atoms with Crippen LogP contribution in [-0.4, -0.2) is 13.2 Å². The van der Waals surface area contributed by atoms with Crippen molar-refractivity contribution >= 4 is 0 Å². The monoisotopic (exact) mass is 567 g/mol. The summed E-state index contributed by atoms with van der Waals surface area (Å²) in [6.07, 6.45) is 3.40. The molecule has 0 fully saturated rings. The minimum Gasteiger partial charge on any atom is -0.489 e. The summed E-state index contributed by atoms with van der Waals surface area (Å²) in [7, 11) is 0. The Kier molecular flexibility index (Phi) is 10.9. The molecule has 4 nitrogen and oxygen atoms in total. The van der Waals surface area contributed by atoms with E-state index in [1.807, 2.05) is 78.9 Å². The van der Waals surface area contributed by atoms with Crippen LogP contribution in [0.4, 0.5) is 0 Å². The van der Waals surface area contributed by atoms with Crippen molar-refractivity contribution in [1.29, 1.82) is 5.26 Å². The van der Waals surface area contributed by atoms with Gasteiger partial charge in [-0.2, -0.15) is 5.26 Å². The van der Waals surface area contributed by atoms with Crippen molar-refractivity contribution in [3.63, 3.8) is 0 Å². The lowest BCUT2D eigenvalue weighted by molar-refractivity contribution is 0.269. The van der Waals surface area contributed by atoms with Crippen molar-refractivity contribution < 1.29 is 14.2 Å². The van der Waals surface area contributed by atoms with E-state index in [4.69, 9.17) is 14.2 Å². The molecule has 0 heterocycles. The Bertz CT molecular complexity index is 1600. The molecule has 0 amide bonds. The van der Waals surface area contributed by atoms with Gasteiger partial charge in [-0.1, -0.05) is 109 Å². The number of hydrogen-bond acceptors (Lipinski definition) is 4. The minimum absolute atomic E-state index is 0.314. The van der Waals surface area contributed by atoms with Gasteiger partial charge in [0.25, 0.3) is 0 Å². The highest BCUT2D eigenvalue weighted by Gasteiger charge is 2.17. The van der Waals surface area contributed by atoms with Crippen LogP contribution in [0.5, 0.6) is 17.2 Å². The summed E-state index contributed by atoms with van der Waals surface area (Å²) in [6, 6.07) is 45.4. The maximum absolute atomic E-state index is 9.63. The fraction of sp³-hybridized carbons (Fsp3) is 0.205. The number of ether oxygens (including phenoxy) is 3. The van der Waals surface area contributed by atoms with Crippen molar-refractivity contribution in [2.24, 2.45) is 0 Å². The number of hydrogen-bond donors (Lipinski definition) is 0. The van der Waals surface area contributed by atoms with Crippen molar-refractivity contribution in [3.05, 3.63) is 161 Å². The molecule has 0 saturated heterocycles. The van der Waals surface area contributed by atoms with E-state index in [-0.39, 0.29) is 0 Å². The van der Waals surface area contributed by atoms with Gasteiger partial charge in [0.05, 0.1) is 25.7 Å². The molecule has 0 aliphatic rings. The van der Waals surface area contributed by atoms with Crippen LogP contribution in [0.3, 0.4) is 0 Å². The molecule has 0 saturated carbocycles. The fourth-order valence-corrected chi connectivity index (χ4v) is 5.08. The Balaban J connectivity index is 1.34. The van der Waals surface area contributed by atoms with Gasteiger partial charge in [-0.15, -0.1) is 0 Å². The molecule has 0 N–H and O–H groups in total. The van der Waals surface area contributed by atoms with Gasteiger partial charge in [0.1, 0.15) is 12.4 Å².